The topological polar surface area (TPSA) is 40.5 Å². The van der Waals surface area contributed by atoms with Crippen molar-refractivity contribution in [3.63, 3.8) is 0 Å². The second kappa shape index (κ2) is 6.40. The summed E-state index contributed by atoms with van der Waals surface area (Å²) in [6, 6.07) is 8.26. The van der Waals surface area contributed by atoms with Crippen LogP contribution in [0.25, 0.3) is 0 Å². The first-order valence-corrected chi connectivity index (χ1v) is 7.50. The van der Waals surface area contributed by atoms with Crippen molar-refractivity contribution < 1.29 is 9.90 Å². The molecule has 3 atom stereocenters. The first kappa shape index (κ1) is 15.0. The molecule has 1 aromatic rings. The van der Waals surface area contributed by atoms with Crippen LogP contribution in [0.3, 0.4) is 0 Å². The van der Waals surface area contributed by atoms with E-state index in [9.17, 15) is 9.90 Å². The molecule has 3 nitrogen and oxygen atoms in total. The zero-order valence-electron chi connectivity index (χ0n) is 12.7. The molecule has 1 N–H and O–H groups in total. The Morgan fingerprint density at radius 3 is 2.70 bits per heavy atom. The molecule has 0 aromatic heterocycles. The number of nitrogens with zero attached hydrogens (tertiary/aromatic N) is 1. The molecule has 0 bridgehead atoms. The quantitative estimate of drug-likeness (QED) is 0.918. The molecule has 0 spiro atoms. The minimum Gasteiger partial charge on any atom is -0.393 e. The van der Waals surface area contributed by atoms with E-state index in [1.165, 1.54) is 11.1 Å². The molecule has 20 heavy (non-hydrogen) atoms. The van der Waals surface area contributed by atoms with Crippen LogP contribution in [0.15, 0.2) is 24.3 Å². The first-order chi connectivity index (χ1) is 9.49. The van der Waals surface area contributed by atoms with Crippen molar-refractivity contribution in [1.82, 2.24) is 4.90 Å². The fourth-order valence-corrected chi connectivity index (χ4v) is 3.05. The summed E-state index contributed by atoms with van der Waals surface area (Å²) in [5.41, 5.74) is 2.50. The molecular weight excluding hydrogens is 250 g/mol. The molecule has 2 rings (SSSR count). The lowest BCUT2D eigenvalue weighted by molar-refractivity contribution is -0.130. The van der Waals surface area contributed by atoms with E-state index in [1.54, 1.807) is 0 Å². The van der Waals surface area contributed by atoms with E-state index in [0.717, 1.165) is 13.0 Å². The van der Waals surface area contributed by atoms with Crippen LogP contribution in [0.5, 0.6) is 0 Å². The Balaban J connectivity index is 1.94. The zero-order chi connectivity index (χ0) is 14.7. The van der Waals surface area contributed by atoms with Crippen LogP contribution in [-0.4, -0.2) is 35.1 Å². The van der Waals surface area contributed by atoms with Crippen LogP contribution in [-0.2, 0) is 4.79 Å². The maximum absolute atomic E-state index is 12.4. The summed E-state index contributed by atoms with van der Waals surface area (Å²) < 4.78 is 0. The predicted molar refractivity (Wildman–Crippen MR) is 80.6 cm³/mol. The zero-order valence-corrected chi connectivity index (χ0v) is 12.7. The van der Waals surface area contributed by atoms with Gasteiger partial charge in [0.25, 0.3) is 0 Å². The van der Waals surface area contributed by atoms with Crippen LogP contribution in [0.2, 0.25) is 0 Å². The van der Waals surface area contributed by atoms with Gasteiger partial charge in [0.1, 0.15) is 0 Å². The van der Waals surface area contributed by atoms with Gasteiger partial charge in [-0.3, -0.25) is 4.79 Å². The molecule has 1 fully saturated rings. The number of carbonyl (C=O) groups excluding carboxylic acids is 1. The smallest absolute Gasteiger partial charge is 0.223 e. The normalized spacial score (nSPS) is 21.8. The van der Waals surface area contributed by atoms with Crippen LogP contribution in [0.4, 0.5) is 0 Å². The summed E-state index contributed by atoms with van der Waals surface area (Å²) in [5.74, 6) is 0.700. The SMILES string of the molecule is Cc1ccccc1C(C)CC(=O)N1CCC(C(C)O)C1. The minimum atomic E-state index is -0.318. The van der Waals surface area contributed by atoms with E-state index >= 15 is 0 Å². The standard InChI is InChI=1S/C17H25NO2/c1-12-6-4-5-7-16(12)13(2)10-17(20)18-9-8-15(11-18)14(3)19/h4-7,13-15,19H,8-11H2,1-3H3. The molecule has 3 heteroatoms. The molecule has 3 unspecified atom stereocenters. The van der Waals surface area contributed by atoms with Gasteiger partial charge in [0.2, 0.25) is 5.91 Å². The molecule has 1 aliphatic rings. The van der Waals surface area contributed by atoms with E-state index in [2.05, 4.69) is 26.0 Å². The van der Waals surface area contributed by atoms with Gasteiger partial charge in [0.15, 0.2) is 0 Å². The molecule has 1 heterocycles. The Kier molecular flexibility index (Phi) is 4.81. The maximum Gasteiger partial charge on any atom is 0.223 e. The Hall–Kier alpha value is -1.35. The van der Waals surface area contributed by atoms with E-state index in [-0.39, 0.29) is 23.8 Å². The van der Waals surface area contributed by atoms with Gasteiger partial charge in [-0.2, -0.15) is 0 Å². The monoisotopic (exact) mass is 275 g/mol. The highest BCUT2D eigenvalue weighted by Gasteiger charge is 2.29. The highest BCUT2D eigenvalue weighted by Crippen LogP contribution is 2.26. The number of benzene rings is 1. The third-order valence-electron chi connectivity index (χ3n) is 4.46. The Bertz CT molecular complexity index is 470. The van der Waals surface area contributed by atoms with Crippen molar-refractivity contribution in [3.8, 4) is 0 Å². The van der Waals surface area contributed by atoms with E-state index in [1.807, 2.05) is 24.0 Å². The van der Waals surface area contributed by atoms with Gasteiger partial charge < -0.3 is 10.0 Å². The van der Waals surface area contributed by atoms with Crippen molar-refractivity contribution in [2.24, 2.45) is 5.92 Å². The van der Waals surface area contributed by atoms with Crippen molar-refractivity contribution >= 4 is 5.91 Å². The fourth-order valence-electron chi connectivity index (χ4n) is 3.05. The summed E-state index contributed by atoms with van der Waals surface area (Å²) in [6.45, 7) is 7.51. The van der Waals surface area contributed by atoms with Crippen molar-refractivity contribution in [2.75, 3.05) is 13.1 Å². The van der Waals surface area contributed by atoms with Crippen LogP contribution in [0.1, 0.15) is 43.7 Å². The lowest BCUT2D eigenvalue weighted by Gasteiger charge is -2.21. The van der Waals surface area contributed by atoms with Crippen LogP contribution >= 0.6 is 0 Å². The second-order valence-corrected chi connectivity index (χ2v) is 6.09. The maximum atomic E-state index is 12.4. The highest BCUT2D eigenvalue weighted by atomic mass is 16.3. The number of hydrogen-bond acceptors (Lipinski definition) is 2. The van der Waals surface area contributed by atoms with Gasteiger partial charge >= 0.3 is 0 Å². The average molecular weight is 275 g/mol. The number of aliphatic hydroxyl groups excluding tert-OH is 1. The summed E-state index contributed by atoms with van der Waals surface area (Å²) in [5, 5.41) is 9.61. The highest BCUT2D eigenvalue weighted by molar-refractivity contribution is 5.77. The Morgan fingerprint density at radius 2 is 2.10 bits per heavy atom. The lowest BCUT2D eigenvalue weighted by Crippen LogP contribution is -2.31. The predicted octanol–water partition coefficient (Wildman–Crippen LogP) is 2.72. The molecule has 0 saturated carbocycles. The number of amides is 1. The minimum absolute atomic E-state index is 0.212. The average Bonchev–Trinajstić information content (AvgIpc) is 2.88. The third kappa shape index (κ3) is 3.40. The molecular formula is C17H25NO2. The van der Waals surface area contributed by atoms with Gasteiger partial charge in [0.05, 0.1) is 6.10 Å². The van der Waals surface area contributed by atoms with Crippen LogP contribution in [0, 0.1) is 12.8 Å². The fraction of sp³-hybridized carbons (Fsp3) is 0.588. The summed E-state index contributed by atoms with van der Waals surface area (Å²) in [4.78, 5) is 14.3. The number of likely N-dealkylation sites (tertiary alicyclic amines) is 1. The van der Waals surface area contributed by atoms with Gasteiger partial charge in [0, 0.05) is 25.4 Å². The lowest BCUT2D eigenvalue weighted by atomic mass is 9.93. The van der Waals surface area contributed by atoms with E-state index < -0.39 is 0 Å². The van der Waals surface area contributed by atoms with Gasteiger partial charge in [-0.25, -0.2) is 0 Å². The molecule has 1 saturated heterocycles. The number of carbonyl (C=O) groups is 1. The molecule has 1 aliphatic heterocycles. The van der Waals surface area contributed by atoms with Gasteiger partial charge in [-0.05, 0) is 37.3 Å². The summed E-state index contributed by atoms with van der Waals surface area (Å²) in [6.07, 6.45) is 1.15. The number of aryl methyl sites for hydroxylation is 1. The van der Waals surface area contributed by atoms with Crippen molar-refractivity contribution in [1.29, 1.82) is 0 Å². The van der Waals surface area contributed by atoms with Gasteiger partial charge in [-0.1, -0.05) is 31.2 Å². The molecule has 1 aromatic carbocycles. The molecule has 0 radical (unpaired) electrons. The van der Waals surface area contributed by atoms with E-state index in [4.69, 9.17) is 0 Å². The Morgan fingerprint density at radius 1 is 1.40 bits per heavy atom. The number of hydrogen-bond donors (Lipinski definition) is 1. The third-order valence-corrected chi connectivity index (χ3v) is 4.46. The van der Waals surface area contributed by atoms with Crippen LogP contribution < -0.4 is 0 Å². The van der Waals surface area contributed by atoms with E-state index in [0.29, 0.717) is 13.0 Å². The molecule has 0 aliphatic carbocycles. The summed E-state index contributed by atoms with van der Waals surface area (Å²) >= 11 is 0. The van der Waals surface area contributed by atoms with Gasteiger partial charge in [-0.15, -0.1) is 0 Å². The second-order valence-electron chi connectivity index (χ2n) is 6.09. The number of rotatable bonds is 4. The Labute approximate surface area is 121 Å². The molecule has 110 valence electrons. The largest absolute Gasteiger partial charge is 0.393 e. The summed E-state index contributed by atoms with van der Waals surface area (Å²) in [7, 11) is 0. The first-order valence-electron chi connectivity index (χ1n) is 7.50. The van der Waals surface area contributed by atoms with Crippen molar-refractivity contribution in [3.05, 3.63) is 35.4 Å². The molecule has 1 amide bonds. The number of aliphatic hydroxyl groups is 1. The van der Waals surface area contributed by atoms with Crippen molar-refractivity contribution in [2.45, 2.75) is 45.6 Å².